The Morgan fingerprint density at radius 2 is 1.31 bits per heavy atom. The van der Waals surface area contributed by atoms with Crippen molar-refractivity contribution in [2.75, 3.05) is 0 Å². The van der Waals surface area contributed by atoms with Gasteiger partial charge in [-0.05, 0) is 90.2 Å². The van der Waals surface area contributed by atoms with Crippen molar-refractivity contribution in [3.63, 3.8) is 0 Å². The average molecular weight is 1040 g/mol. The van der Waals surface area contributed by atoms with Crippen LogP contribution in [0.2, 0.25) is 0 Å². The molecule has 6 aromatic carbocycles. The van der Waals surface area contributed by atoms with Gasteiger partial charge in [-0.2, -0.15) is 0 Å². The van der Waals surface area contributed by atoms with E-state index in [1.165, 1.54) is 45.3 Å². The summed E-state index contributed by atoms with van der Waals surface area (Å²) in [6.07, 6.45) is 3.43. The number of nitrogens with zero attached hydrogens (tertiary/aromatic N) is 3. The number of aryl methyl sites for hydroxylation is 1. The predicted molar refractivity (Wildman–Crippen MR) is 267 cm³/mol. The van der Waals surface area contributed by atoms with Gasteiger partial charge in [-0.25, -0.2) is 4.98 Å². The van der Waals surface area contributed by atoms with Gasteiger partial charge in [0.1, 0.15) is 11.9 Å². The minimum atomic E-state index is -2.37. The predicted octanol–water partition coefficient (Wildman–Crippen LogP) is 16.8. The third-order valence-corrected chi connectivity index (χ3v) is 12.3. The molecule has 0 aliphatic rings. The van der Waals surface area contributed by atoms with Crippen molar-refractivity contribution >= 4 is 43.5 Å². The zero-order chi connectivity index (χ0) is 48.3. The van der Waals surface area contributed by atoms with Gasteiger partial charge in [-0.1, -0.05) is 168 Å². The molecule has 0 amide bonds. The van der Waals surface area contributed by atoms with Gasteiger partial charge < -0.3 is 9.40 Å². The summed E-state index contributed by atoms with van der Waals surface area (Å²) in [4.78, 5) is 13.5. The first-order valence-corrected chi connectivity index (χ1v) is 22.4. The molecule has 0 aliphatic carbocycles. The van der Waals surface area contributed by atoms with Crippen LogP contribution in [0.15, 0.2) is 114 Å². The van der Waals surface area contributed by atoms with E-state index in [0.717, 1.165) is 44.1 Å². The van der Waals surface area contributed by atoms with Crippen molar-refractivity contribution in [1.82, 2.24) is 15.0 Å². The van der Waals surface area contributed by atoms with E-state index in [1.54, 1.807) is 18.5 Å². The van der Waals surface area contributed by atoms with E-state index in [4.69, 9.17) is 8.53 Å². The second-order valence-corrected chi connectivity index (χ2v) is 20.1. The van der Waals surface area contributed by atoms with Crippen molar-refractivity contribution in [2.24, 2.45) is 0 Å². The zero-order valence-corrected chi connectivity index (χ0v) is 42.0. The number of aromatic nitrogens is 3. The maximum atomic E-state index is 12.8. The van der Waals surface area contributed by atoms with Crippen molar-refractivity contribution in [3.05, 3.63) is 161 Å². The maximum Gasteiger partial charge on any atom is 0.128 e. The summed E-state index contributed by atoms with van der Waals surface area (Å²) in [6, 6.07) is 38.0. The van der Waals surface area contributed by atoms with Crippen LogP contribution >= 0.6 is 0 Å². The Morgan fingerprint density at radius 1 is 0.631 bits per heavy atom. The Labute approximate surface area is 402 Å². The van der Waals surface area contributed by atoms with Crippen LogP contribution in [-0.4, -0.2) is 15.0 Å². The Balaban J connectivity index is 0.000000320. The Kier molecular flexibility index (Phi) is 12.3. The van der Waals surface area contributed by atoms with Gasteiger partial charge in [0.2, 0.25) is 0 Å². The number of benzene rings is 6. The monoisotopic (exact) mass is 1040 g/mol. The number of hydrogen-bond acceptors (Lipinski definition) is 4. The van der Waals surface area contributed by atoms with Crippen LogP contribution in [0, 0.1) is 24.8 Å². The number of furan rings is 1. The van der Waals surface area contributed by atoms with Crippen LogP contribution in [0.25, 0.3) is 77.1 Å². The molecule has 0 fully saturated rings. The molecule has 0 atom stereocenters. The normalized spacial score (nSPS) is 13.0. The van der Waals surface area contributed by atoms with E-state index in [9.17, 15) is 4.39 Å². The fraction of sp³-hybridized carbons (Fsp3) is 0.305. The first-order valence-electron chi connectivity index (χ1n) is 23.9. The van der Waals surface area contributed by atoms with Gasteiger partial charge in [-0.15, -0.1) is 47.5 Å². The van der Waals surface area contributed by atoms with Gasteiger partial charge in [-0.3, -0.25) is 9.37 Å². The summed E-state index contributed by atoms with van der Waals surface area (Å²) >= 11 is 0. The largest absolute Gasteiger partial charge is 0.500 e. The first-order chi connectivity index (χ1) is 31.5. The molecular formula is C59H60FIrN3O-2. The quantitative estimate of drug-likeness (QED) is 0.123. The first kappa shape index (κ1) is 43.3. The summed E-state index contributed by atoms with van der Waals surface area (Å²) in [6.45, 7) is 24.0. The minimum Gasteiger partial charge on any atom is -0.500 e. The second-order valence-electron chi connectivity index (χ2n) is 20.1. The molecule has 4 nitrogen and oxygen atoms in total. The third kappa shape index (κ3) is 9.31. The Morgan fingerprint density at radius 3 is 1.89 bits per heavy atom. The van der Waals surface area contributed by atoms with Crippen molar-refractivity contribution in [2.45, 2.75) is 119 Å². The zero-order valence-electron chi connectivity index (χ0n) is 42.6. The Hall–Kier alpha value is -5.55. The smallest absolute Gasteiger partial charge is 0.128 e. The van der Waals surface area contributed by atoms with Crippen LogP contribution in [-0.2, 0) is 30.9 Å². The van der Waals surface area contributed by atoms with Crippen molar-refractivity contribution in [1.29, 1.82) is 0 Å². The molecule has 9 aromatic rings. The van der Waals surface area contributed by atoms with Gasteiger partial charge in [0.05, 0.1) is 5.58 Å². The molecule has 1 radical (unpaired) electrons. The third-order valence-electron chi connectivity index (χ3n) is 12.3. The summed E-state index contributed by atoms with van der Waals surface area (Å²) in [5, 5.41) is 5.67. The van der Waals surface area contributed by atoms with E-state index >= 15 is 0 Å². The van der Waals surface area contributed by atoms with Crippen LogP contribution in [0.4, 0.5) is 4.39 Å². The molecule has 9 rings (SSSR count). The Bertz CT molecular complexity index is 3260. The molecular weight excluding hydrogens is 978 g/mol. The minimum absolute atomic E-state index is 0. The molecule has 65 heavy (non-hydrogen) atoms. The van der Waals surface area contributed by atoms with Crippen molar-refractivity contribution < 1.29 is 33.0 Å². The number of hydrogen-bond donors (Lipinski definition) is 0. The molecule has 0 spiro atoms. The SMILES string of the molecule is CC(C)(C)c1ccc(-c2[c-]cc(F)cc2)nc1.[2H]C([2H])([2H])c1c[c-]c(-c2cc(C(C)(C)C)ncn2)c2oc3c4cc(-c5c(C(C)C)cc(C(C)C)cc5C(C)C)c5ccccc5c4ccc3c12.[Ir]. The van der Waals surface area contributed by atoms with E-state index in [-0.39, 0.29) is 42.3 Å². The molecule has 0 N–H and O–H groups in total. The molecule has 0 aliphatic heterocycles. The molecule has 0 unspecified atom stereocenters. The maximum absolute atomic E-state index is 12.8. The molecule has 3 aromatic heterocycles. The van der Waals surface area contributed by atoms with Crippen LogP contribution < -0.4 is 0 Å². The summed E-state index contributed by atoms with van der Waals surface area (Å²) in [7, 11) is 0. The van der Waals surface area contributed by atoms with Gasteiger partial charge in [0, 0.05) is 58.1 Å². The number of halogens is 1. The second kappa shape index (κ2) is 18.4. The van der Waals surface area contributed by atoms with Crippen LogP contribution in [0.3, 0.4) is 0 Å². The van der Waals surface area contributed by atoms with E-state index < -0.39 is 6.85 Å². The standard InChI is InChI=1S/C44H45N2O.C15H15FN.Ir/c1-24(2)28-19-34(25(3)4)41(35(20-28)26(5)6)36-21-37-31(29-13-11-12-14-30(29)36)17-18-33-40-27(7)15-16-32(43(40)47-42(33)37)38-22-39(44(8,9)10)46-23-45-38;1-15(2,3)12-6-9-14(17-10-12)11-4-7-13(16)8-5-11;/h11-15,17-26H,1-10H3;4,6-10H,1-3H3;/q2*-1;/i7D3;;. The topological polar surface area (TPSA) is 51.8 Å². The summed E-state index contributed by atoms with van der Waals surface area (Å²) in [5.74, 6) is 0.752. The fourth-order valence-electron chi connectivity index (χ4n) is 8.59. The number of fused-ring (bicyclic) bond motifs is 7. The number of rotatable bonds is 6. The van der Waals surface area contributed by atoms with Gasteiger partial charge in [0.25, 0.3) is 0 Å². The summed E-state index contributed by atoms with van der Waals surface area (Å²) < 4.78 is 45.2. The van der Waals surface area contributed by atoms with Crippen LogP contribution in [0.1, 0.15) is 138 Å². The van der Waals surface area contributed by atoms with Gasteiger partial charge >= 0.3 is 0 Å². The molecule has 3 heterocycles. The molecule has 0 bridgehead atoms. The van der Waals surface area contributed by atoms with Crippen molar-refractivity contribution in [3.8, 4) is 33.6 Å². The average Bonchev–Trinajstić information content (AvgIpc) is 3.68. The summed E-state index contributed by atoms with van der Waals surface area (Å²) in [5.41, 5.74) is 12.7. The van der Waals surface area contributed by atoms with E-state index in [1.807, 2.05) is 24.4 Å². The molecule has 0 saturated carbocycles. The van der Waals surface area contributed by atoms with Gasteiger partial charge in [0.15, 0.2) is 0 Å². The molecule has 0 saturated heterocycles. The van der Waals surface area contributed by atoms with Crippen LogP contribution in [0.5, 0.6) is 0 Å². The molecule has 6 heteroatoms. The van der Waals surface area contributed by atoms with E-state index in [0.29, 0.717) is 45.6 Å². The number of pyridine rings is 1. The van der Waals surface area contributed by atoms with E-state index in [2.05, 4.69) is 165 Å². The molecule has 335 valence electrons. The fourth-order valence-corrected chi connectivity index (χ4v) is 8.59.